The first-order chi connectivity index (χ1) is 13.6. The zero-order valence-electron chi connectivity index (χ0n) is 16.7. The highest BCUT2D eigenvalue weighted by molar-refractivity contribution is 6.21. The van der Waals surface area contributed by atoms with Gasteiger partial charge in [0.15, 0.2) is 0 Å². The number of halogens is 1. The van der Waals surface area contributed by atoms with E-state index in [1.807, 2.05) is 5.01 Å². The van der Waals surface area contributed by atoms with Crippen molar-refractivity contribution < 1.29 is 4.79 Å². The van der Waals surface area contributed by atoms with Crippen LogP contribution in [0.15, 0.2) is 0 Å². The van der Waals surface area contributed by atoms with Gasteiger partial charge in [-0.15, -0.1) is 11.6 Å². The molecule has 6 atom stereocenters. The topological polar surface area (TPSA) is 101 Å². The maximum atomic E-state index is 13.2. The molecule has 0 spiro atoms. The second-order valence-corrected chi connectivity index (χ2v) is 9.05. The Morgan fingerprint density at radius 2 is 2.04 bits per heavy atom. The molecule has 0 aliphatic carbocycles. The SMILES string of the molecule is CCN1CCN(C2CCNCC2NC(=O)C2C(N)NN3CC(Cl)CNC23)CC1. The standard InChI is InChI=1S/C18H35ClN8O/c1-2-25-5-7-26(8-6-25)14-3-4-21-10-13(14)23-18(28)15-16(20)24-27-11-12(19)9-22-17(15)27/h12-17,21-22,24H,2-11,20H2,1H3,(H,23,28). The van der Waals surface area contributed by atoms with E-state index in [2.05, 4.69) is 38.1 Å². The van der Waals surface area contributed by atoms with Crippen molar-refractivity contribution in [2.24, 2.45) is 11.7 Å². The number of carbonyl (C=O) groups is 1. The Bertz CT molecular complexity index is 546. The van der Waals surface area contributed by atoms with Crippen molar-refractivity contribution in [3.63, 3.8) is 0 Å². The zero-order valence-corrected chi connectivity index (χ0v) is 17.5. The van der Waals surface area contributed by atoms with Crippen molar-refractivity contribution in [2.45, 2.75) is 43.1 Å². The molecule has 0 saturated carbocycles. The number of alkyl halides is 1. The third-order valence-electron chi connectivity index (χ3n) is 6.72. The summed E-state index contributed by atoms with van der Waals surface area (Å²) in [7, 11) is 0. The Morgan fingerprint density at radius 1 is 1.25 bits per heavy atom. The van der Waals surface area contributed by atoms with Gasteiger partial charge in [0.25, 0.3) is 0 Å². The summed E-state index contributed by atoms with van der Waals surface area (Å²) in [6.45, 7) is 10.9. The highest BCUT2D eigenvalue weighted by Crippen LogP contribution is 2.23. The average Bonchev–Trinajstić information content (AvgIpc) is 3.03. The van der Waals surface area contributed by atoms with Crippen LogP contribution >= 0.6 is 11.6 Å². The number of amides is 1. The lowest BCUT2D eigenvalue weighted by molar-refractivity contribution is -0.128. The van der Waals surface area contributed by atoms with Crippen LogP contribution in [0.3, 0.4) is 0 Å². The van der Waals surface area contributed by atoms with Crippen molar-refractivity contribution >= 4 is 17.5 Å². The molecule has 4 saturated heterocycles. The van der Waals surface area contributed by atoms with Gasteiger partial charge in [0.1, 0.15) is 0 Å². The summed E-state index contributed by atoms with van der Waals surface area (Å²) in [5.41, 5.74) is 9.48. The minimum atomic E-state index is -0.400. The maximum absolute atomic E-state index is 13.2. The summed E-state index contributed by atoms with van der Waals surface area (Å²) in [4.78, 5) is 18.3. The van der Waals surface area contributed by atoms with Gasteiger partial charge in [0.05, 0.1) is 29.7 Å². The van der Waals surface area contributed by atoms with Gasteiger partial charge in [-0.05, 0) is 19.5 Å². The highest BCUT2D eigenvalue weighted by Gasteiger charge is 2.47. The molecule has 28 heavy (non-hydrogen) atoms. The molecule has 10 heteroatoms. The number of likely N-dealkylation sites (N-methyl/N-ethyl adjacent to an activating group) is 1. The van der Waals surface area contributed by atoms with E-state index in [-0.39, 0.29) is 29.4 Å². The summed E-state index contributed by atoms with van der Waals surface area (Å²) in [5, 5.41) is 12.2. The molecule has 4 aliphatic heterocycles. The van der Waals surface area contributed by atoms with E-state index in [4.69, 9.17) is 17.3 Å². The molecule has 0 bridgehead atoms. The van der Waals surface area contributed by atoms with Crippen molar-refractivity contribution in [1.29, 1.82) is 0 Å². The van der Waals surface area contributed by atoms with E-state index >= 15 is 0 Å². The smallest absolute Gasteiger partial charge is 0.229 e. The van der Waals surface area contributed by atoms with Crippen LogP contribution in [0.4, 0.5) is 0 Å². The third-order valence-corrected chi connectivity index (χ3v) is 7.01. The average molecular weight is 415 g/mol. The molecule has 0 aromatic rings. The molecule has 0 aromatic heterocycles. The van der Waals surface area contributed by atoms with Crippen molar-refractivity contribution in [2.75, 3.05) is 58.9 Å². The molecule has 0 radical (unpaired) electrons. The molecule has 9 nitrogen and oxygen atoms in total. The first kappa shape index (κ1) is 20.7. The van der Waals surface area contributed by atoms with Gasteiger partial charge in [-0.2, -0.15) is 0 Å². The highest BCUT2D eigenvalue weighted by atomic mass is 35.5. The fourth-order valence-corrected chi connectivity index (χ4v) is 5.34. The number of nitrogens with two attached hydrogens (primary N) is 1. The zero-order chi connectivity index (χ0) is 19.7. The summed E-state index contributed by atoms with van der Waals surface area (Å²) in [6.07, 6.45) is 0.559. The number of rotatable bonds is 4. The van der Waals surface area contributed by atoms with Crippen LogP contribution in [0.1, 0.15) is 13.3 Å². The predicted octanol–water partition coefficient (Wildman–Crippen LogP) is -2.27. The molecule has 4 heterocycles. The van der Waals surface area contributed by atoms with E-state index in [0.717, 1.165) is 52.2 Å². The summed E-state index contributed by atoms with van der Waals surface area (Å²) in [5.74, 6) is -0.303. The molecule has 4 rings (SSSR count). The number of carbonyl (C=O) groups excluding carboxylic acids is 1. The number of fused-ring (bicyclic) bond motifs is 1. The lowest BCUT2D eigenvalue weighted by Crippen LogP contribution is -2.64. The first-order valence-corrected chi connectivity index (χ1v) is 11.1. The fourth-order valence-electron chi connectivity index (χ4n) is 5.10. The van der Waals surface area contributed by atoms with Gasteiger partial charge in [0, 0.05) is 51.9 Å². The number of piperazine rings is 1. The fraction of sp³-hybridized carbons (Fsp3) is 0.944. The van der Waals surface area contributed by atoms with Crippen LogP contribution in [-0.4, -0.2) is 109 Å². The number of nitrogens with one attached hydrogen (secondary N) is 4. The number of nitrogens with zero attached hydrogens (tertiary/aromatic N) is 3. The van der Waals surface area contributed by atoms with Crippen molar-refractivity contribution in [3.05, 3.63) is 0 Å². The van der Waals surface area contributed by atoms with Crippen LogP contribution in [0, 0.1) is 5.92 Å². The summed E-state index contributed by atoms with van der Waals surface area (Å²) < 4.78 is 0. The largest absolute Gasteiger partial charge is 0.350 e. The lowest BCUT2D eigenvalue weighted by Gasteiger charge is -2.44. The van der Waals surface area contributed by atoms with Gasteiger partial charge in [-0.1, -0.05) is 6.92 Å². The number of hydrazine groups is 1. The van der Waals surface area contributed by atoms with Gasteiger partial charge >= 0.3 is 0 Å². The van der Waals surface area contributed by atoms with E-state index in [1.165, 1.54) is 0 Å². The van der Waals surface area contributed by atoms with Crippen molar-refractivity contribution in [3.8, 4) is 0 Å². The van der Waals surface area contributed by atoms with Crippen LogP contribution in [0.5, 0.6) is 0 Å². The van der Waals surface area contributed by atoms with Gasteiger partial charge in [-0.3, -0.25) is 15.0 Å². The molecule has 4 aliphatic rings. The van der Waals surface area contributed by atoms with E-state index in [9.17, 15) is 4.79 Å². The molecule has 6 N–H and O–H groups in total. The quantitative estimate of drug-likeness (QED) is 0.328. The van der Waals surface area contributed by atoms with E-state index in [1.54, 1.807) is 0 Å². The van der Waals surface area contributed by atoms with E-state index in [0.29, 0.717) is 19.1 Å². The Morgan fingerprint density at radius 3 is 2.79 bits per heavy atom. The van der Waals surface area contributed by atoms with Crippen molar-refractivity contribution in [1.82, 2.24) is 36.2 Å². The Labute approximate surface area is 172 Å². The number of piperidine rings is 1. The Balaban J connectivity index is 1.38. The summed E-state index contributed by atoms with van der Waals surface area (Å²) in [6, 6.07) is 0.498. The maximum Gasteiger partial charge on any atom is 0.229 e. The van der Waals surface area contributed by atoms with Crippen LogP contribution < -0.4 is 27.1 Å². The second-order valence-electron chi connectivity index (χ2n) is 8.43. The van der Waals surface area contributed by atoms with E-state index < -0.39 is 6.17 Å². The number of hydrogen-bond donors (Lipinski definition) is 5. The summed E-state index contributed by atoms with van der Waals surface area (Å²) >= 11 is 6.24. The number of hydrogen-bond acceptors (Lipinski definition) is 8. The Kier molecular flexibility index (Phi) is 6.74. The molecular weight excluding hydrogens is 380 g/mol. The predicted molar refractivity (Wildman–Crippen MR) is 110 cm³/mol. The molecule has 160 valence electrons. The normalized spacial score (nSPS) is 41.0. The minimum absolute atomic E-state index is 0.0199. The Hall–Kier alpha value is -0.520. The van der Waals surface area contributed by atoms with Gasteiger partial charge in [0.2, 0.25) is 5.91 Å². The second kappa shape index (κ2) is 9.09. The molecular formula is C18H35ClN8O. The molecule has 1 amide bonds. The molecule has 4 fully saturated rings. The first-order valence-electron chi connectivity index (χ1n) is 10.7. The monoisotopic (exact) mass is 414 g/mol. The molecule has 6 unspecified atom stereocenters. The lowest BCUT2D eigenvalue weighted by atomic mass is 9.95. The third kappa shape index (κ3) is 4.32. The van der Waals surface area contributed by atoms with Gasteiger partial charge in [-0.25, -0.2) is 10.4 Å². The van der Waals surface area contributed by atoms with Crippen LogP contribution in [-0.2, 0) is 4.79 Å². The minimum Gasteiger partial charge on any atom is -0.350 e. The van der Waals surface area contributed by atoms with Crippen LogP contribution in [0.25, 0.3) is 0 Å². The van der Waals surface area contributed by atoms with Gasteiger partial charge < -0.3 is 21.3 Å². The molecule has 0 aromatic carbocycles. The van der Waals surface area contributed by atoms with Crippen LogP contribution in [0.2, 0.25) is 0 Å².